The van der Waals surface area contributed by atoms with Gasteiger partial charge in [-0.1, -0.05) is 78.9 Å². The van der Waals surface area contributed by atoms with Gasteiger partial charge in [0.1, 0.15) is 11.2 Å². The molecule has 4 aromatic carbocycles. The molecule has 0 N–H and O–H groups in total. The van der Waals surface area contributed by atoms with Crippen molar-refractivity contribution in [3.8, 4) is 11.1 Å². The Morgan fingerprint density at radius 3 is 2.25 bits per heavy atom. The minimum atomic E-state index is 0.944. The van der Waals surface area contributed by atoms with Gasteiger partial charge in [0.2, 0.25) is 0 Å². The summed E-state index contributed by atoms with van der Waals surface area (Å²) in [7, 11) is 0. The van der Waals surface area contributed by atoms with Gasteiger partial charge in [0.25, 0.3) is 0 Å². The molecule has 1 heterocycles. The summed E-state index contributed by atoms with van der Waals surface area (Å²) >= 11 is 0. The Labute approximate surface area is 165 Å². The summed E-state index contributed by atoms with van der Waals surface area (Å²) in [6.45, 7) is 4.44. The lowest BCUT2D eigenvalue weighted by Gasteiger charge is -2.15. The minimum absolute atomic E-state index is 0.944. The van der Waals surface area contributed by atoms with Gasteiger partial charge in [0.15, 0.2) is 0 Å². The lowest BCUT2D eigenvalue weighted by Crippen LogP contribution is -1.98. The molecule has 1 nitrogen and oxygen atoms in total. The molecule has 0 spiro atoms. The fourth-order valence-corrected chi connectivity index (χ4v) is 4.22. The van der Waals surface area contributed by atoms with Crippen LogP contribution in [0.2, 0.25) is 0 Å². The first-order valence-corrected chi connectivity index (χ1v) is 9.76. The van der Waals surface area contributed by atoms with Gasteiger partial charge in [0.05, 0.1) is 0 Å². The zero-order valence-corrected chi connectivity index (χ0v) is 16.2. The van der Waals surface area contributed by atoms with Crippen LogP contribution in [0, 0.1) is 13.8 Å². The van der Waals surface area contributed by atoms with Gasteiger partial charge in [-0.25, -0.2) is 0 Å². The number of fused-ring (bicyclic) bond motifs is 3. The molecule has 0 amide bonds. The predicted octanol–water partition coefficient (Wildman–Crippen LogP) is 7.46. The van der Waals surface area contributed by atoms with E-state index in [0.717, 1.165) is 17.6 Å². The van der Waals surface area contributed by atoms with E-state index < -0.39 is 0 Å². The van der Waals surface area contributed by atoms with E-state index in [1.807, 2.05) is 12.1 Å². The summed E-state index contributed by atoms with van der Waals surface area (Å²) in [5.41, 5.74) is 9.74. The molecule has 5 aromatic rings. The van der Waals surface area contributed by atoms with E-state index in [4.69, 9.17) is 4.42 Å². The second kappa shape index (κ2) is 6.69. The van der Waals surface area contributed by atoms with Gasteiger partial charge >= 0.3 is 0 Å². The van der Waals surface area contributed by atoms with Crippen LogP contribution in [0.3, 0.4) is 0 Å². The average Bonchev–Trinajstić information content (AvgIpc) is 3.11. The third kappa shape index (κ3) is 2.71. The highest BCUT2D eigenvalue weighted by atomic mass is 16.3. The SMILES string of the molecule is Cc1ccc(-c2cccc3c2oc2ccccc23)c(C)c1Cc1ccccc1. The molecule has 1 heteroatoms. The molecule has 136 valence electrons. The van der Waals surface area contributed by atoms with Crippen molar-refractivity contribution in [1.82, 2.24) is 0 Å². The van der Waals surface area contributed by atoms with Crippen molar-refractivity contribution in [2.24, 2.45) is 0 Å². The first-order valence-electron chi connectivity index (χ1n) is 9.76. The molecule has 0 saturated heterocycles. The molecule has 0 aliphatic carbocycles. The van der Waals surface area contributed by atoms with Crippen LogP contribution in [0.25, 0.3) is 33.1 Å². The van der Waals surface area contributed by atoms with Gasteiger partial charge < -0.3 is 4.42 Å². The maximum absolute atomic E-state index is 6.28. The lowest BCUT2D eigenvalue weighted by molar-refractivity contribution is 0.670. The standard InChI is InChI=1S/C27H22O/c1-18-15-16-21(19(2)25(18)17-20-9-4-3-5-10-20)23-12-8-13-24-22-11-6-7-14-26(22)28-27(23)24/h3-16H,17H2,1-2H3. The summed E-state index contributed by atoms with van der Waals surface area (Å²) in [5.74, 6) is 0. The van der Waals surface area contributed by atoms with Crippen molar-refractivity contribution in [2.75, 3.05) is 0 Å². The zero-order chi connectivity index (χ0) is 19.1. The van der Waals surface area contributed by atoms with Gasteiger partial charge in [-0.15, -0.1) is 0 Å². The van der Waals surface area contributed by atoms with E-state index in [-0.39, 0.29) is 0 Å². The zero-order valence-electron chi connectivity index (χ0n) is 16.2. The number of hydrogen-bond acceptors (Lipinski definition) is 1. The Balaban J connectivity index is 1.71. The second-order valence-corrected chi connectivity index (χ2v) is 7.48. The molecule has 0 atom stereocenters. The lowest BCUT2D eigenvalue weighted by atomic mass is 9.89. The first kappa shape index (κ1) is 16.8. The van der Waals surface area contributed by atoms with Crippen LogP contribution in [0.5, 0.6) is 0 Å². The molecule has 1 aromatic heterocycles. The molecule has 0 radical (unpaired) electrons. The van der Waals surface area contributed by atoms with Crippen molar-refractivity contribution >= 4 is 21.9 Å². The third-order valence-electron chi connectivity index (χ3n) is 5.75. The van der Waals surface area contributed by atoms with E-state index in [1.54, 1.807) is 0 Å². The molecule has 5 rings (SSSR count). The Kier molecular flexibility index (Phi) is 4.02. The maximum Gasteiger partial charge on any atom is 0.143 e. The maximum atomic E-state index is 6.28. The molecule has 0 aliphatic heterocycles. The van der Waals surface area contributed by atoms with Crippen molar-refractivity contribution in [3.63, 3.8) is 0 Å². The number of hydrogen-bond donors (Lipinski definition) is 0. The van der Waals surface area contributed by atoms with Gasteiger partial charge in [0, 0.05) is 16.3 Å². The fourth-order valence-electron chi connectivity index (χ4n) is 4.22. The summed E-state index contributed by atoms with van der Waals surface area (Å²) in [5, 5.41) is 2.35. The summed E-state index contributed by atoms with van der Waals surface area (Å²) in [4.78, 5) is 0. The van der Waals surface area contributed by atoms with Crippen LogP contribution < -0.4 is 0 Å². The van der Waals surface area contributed by atoms with Gasteiger partial charge in [-0.05, 0) is 54.2 Å². The van der Waals surface area contributed by atoms with Gasteiger partial charge in [-0.2, -0.15) is 0 Å². The van der Waals surface area contributed by atoms with Crippen LogP contribution in [-0.2, 0) is 6.42 Å². The summed E-state index contributed by atoms with van der Waals surface area (Å²) < 4.78 is 6.28. The molecule has 28 heavy (non-hydrogen) atoms. The van der Waals surface area contributed by atoms with Crippen LogP contribution in [0.15, 0.2) is 89.3 Å². The van der Waals surface area contributed by atoms with Crippen LogP contribution in [0.4, 0.5) is 0 Å². The first-order chi connectivity index (χ1) is 13.7. The molecule has 0 aliphatic rings. The minimum Gasteiger partial charge on any atom is -0.455 e. The second-order valence-electron chi connectivity index (χ2n) is 7.48. The monoisotopic (exact) mass is 362 g/mol. The summed E-state index contributed by atoms with van der Waals surface area (Å²) in [6, 6.07) is 29.9. The normalized spacial score (nSPS) is 11.4. The number of rotatable bonds is 3. The fraction of sp³-hybridized carbons (Fsp3) is 0.111. The molecular weight excluding hydrogens is 340 g/mol. The molecule has 0 bridgehead atoms. The molecule has 0 fully saturated rings. The average molecular weight is 362 g/mol. The van der Waals surface area contributed by atoms with Crippen LogP contribution in [0.1, 0.15) is 22.3 Å². The van der Waals surface area contributed by atoms with E-state index in [0.29, 0.717) is 0 Å². The Morgan fingerprint density at radius 1 is 0.643 bits per heavy atom. The summed E-state index contributed by atoms with van der Waals surface area (Å²) in [6.07, 6.45) is 0.947. The molecular formula is C27H22O. The van der Waals surface area contributed by atoms with Crippen molar-refractivity contribution in [2.45, 2.75) is 20.3 Å². The van der Waals surface area contributed by atoms with E-state index >= 15 is 0 Å². The highest BCUT2D eigenvalue weighted by Crippen LogP contribution is 2.38. The number of aryl methyl sites for hydroxylation is 1. The number of benzene rings is 4. The van der Waals surface area contributed by atoms with E-state index in [9.17, 15) is 0 Å². The largest absolute Gasteiger partial charge is 0.455 e. The van der Waals surface area contributed by atoms with E-state index in [1.165, 1.54) is 44.2 Å². The van der Waals surface area contributed by atoms with Crippen molar-refractivity contribution < 1.29 is 4.42 Å². The molecule has 0 saturated carbocycles. The Morgan fingerprint density at radius 2 is 1.39 bits per heavy atom. The smallest absolute Gasteiger partial charge is 0.143 e. The van der Waals surface area contributed by atoms with E-state index in [2.05, 4.69) is 86.6 Å². The highest BCUT2D eigenvalue weighted by Gasteiger charge is 2.15. The molecule has 0 unspecified atom stereocenters. The topological polar surface area (TPSA) is 13.1 Å². The Hall–Kier alpha value is -3.32. The number of furan rings is 1. The van der Waals surface area contributed by atoms with Crippen molar-refractivity contribution in [3.05, 3.63) is 107 Å². The third-order valence-corrected chi connectivity index (χ3v) is 5.75. The Bertz CT molecular complexity index is 1290. The van der Waals surface area contributed by atoms with Crippen LogP contribution in [-0.4, -0.2) is 0 Å². The quantitative estimate of drug-likeness (QED) is 0.324. The predicted molar refractivity (Wildman–Crippen MR) is 118 cm³/mol. The van der Waals surface area contributed by atoms with Crippen LogP contribution >= 0.6 is 0 Å². The van der Waals surface area contributed by atoms with Crippen molar-refractivity contribution in [1.29, 1.82) is 0 Å². The highest BCUT2D eigenvalue weighted by molar-refractivity contribution is 6.09. The van der Waals surface area contributed by atoms with Gasteiger partial charge in [-0.3, -0.25) is 0 Å². The number of para-hydroxylation sites is 2.